The smallest absolute Gasteiger partial charge is 0.0268 e. The summed E-state index contributed by atoms with van der Waals surface area (Å²) in [6.45, 7) is 11.0. The lowest BCUT2D eigenvalue weighted by molar-refractivity contribution is 0.934. The van der Waals surface area contributed by atoms with Gasteiger partial charge in [-0.15, -0.1) is 0 Å². The van der Waals surface area contributed by atoms with Crippen LogP contribution in [0.4, 0.5) is 0 Å². The fraction of sp³-hybridized carbons (Fsp3) is 1.00. The van der Waals surface area contributed by atoms with E-state index in [2.05, 4.69) is 168 Å². The van der Waals surface area contributed by atoms with Crippen LogP contribution in [0.1, 0.15) is 34.6 Å². The molecule has 0 rings (SSSR count). The minimum absolute atomic E-state index is 0.446. The first kappa shape index (κ1) is 40.2. The Labute approximate surface area is 282 Å². The Bertz CT molecular complexity index is 462. The summed E-state index contributed by atoms with van der Waals surface area (Å²) in [5.74, 6) is 12.9. The van der Waals surface area contributed by atoms with E-state index >= 15 is 0 Å². The van der Waals surface area contributed by atoms with Crippen molar-refractivity contribution in [2.45, 2.75) is 76.6 Å². The normalized spacial score (nSPS) is 18.8. The average Bonchev–Trinajstić information content (AvgIpc) is 2.75. The molecule has 0 aliphatic heterocycles. The van der Waals surface area contributed by atoms with Crippen LogP contribution in [0.25, 0.3) is 0 Å². The fourth-order valence-electron chi connectivity index (χ4n) is 2.83. The molecule has 0 fully saturated rings. The molecule has 7 atom stereocenters. The predicted molar refractivity (Wildman–Crippen MR) is 210 cm³/mol. The zero-order chi connectivity index (χ0) is 27.3. The lowest BCUT2D eigenvalue weighted by atomic mass is 10.3. The number of thiol groups is 5. The standard InChI is InChI=1S/C24H50S12/c1-17(25)8-30-6-7-35-23(15-33-11-20(4)28)24(16-34-12-21(5)29)36-22(13-31-9-18(2)26)14-32-10-19(3)27/h17-29H,6-16H2,1-5H3. The summed E-state index contributed by atoms with van der Waals surface area (Å²) in [5.41, 5.74) is 0. The molecule has 0 aromatic carbocycles. The van der Waals surface area contributed by atoms with Crippen LogP contribution in [0.2, 0.25) is 0 Å². The topological polar surface area (TPSA) is 0 Å². The molecule has 0 nitrogen and oxygen atoms in total. The molecule has 7 unspecified atom stereocenters. The van der Waals surface area contributed by atoms with Crippen molar-refractivity contribution in [3.05, 3.63) is 0 Å². The van der Waals surface area contributed by atoms with Gasteiger partial charge in [-0.2, -0.15) is 145 Å². The van der Waals surface area contributed by atoms with Gasteiger partial charge in [0.2, 0.25) is 0 Å². The third-order valence-electron chi connectivity index (χ3n) is 4.31. The highest BCUT2D eigenvalue weighted by Gasteiger charge is 2.27. The molecule has 0 aromatic rings. The summed E-state index contributed by atoms with van der Waals surface area (Å²) >= 11 is 37.9. The van der Waals surface area contributed by atoms with E-state index in [9.17, 15) is 0 Å². The molecule has 0 saturated heterocycles. The van der Waals surface area contributed by atoms with Crippen molar-refractivity contribution in [2.24, 2.45) is 0 Å². The monoisotopic (exact) mass is 722 g/mol. The second-order valence-electron chi connectivity index (χ2n) is 9.18. The number of thioether (sulfide) groups is 7. The Morgan fingerprint density at radius 1 is 0.417 bits per heavy atom. The molecule has 0 amide bonds. The maximum Gasteiger partial charge on any atom is 0.0268 e. The van der Waals surface area contributed by atoms with Gasteiger partial charge in [-0.3, -0.25) is 0 Å². The Hall–Kier alpha value is 4.20. The summed E-state index contributed by atoms with van der Waals surface area (Å²) < 4.78 is 0. The maximum absolute atomic E-state index is 4.65. The van der Waals surface area contributed by atoms with Crippen LogP contribution in [0.15, 0.2) is 0 Å². The van der Waals surface area contributed by atoms with E-state index in [-0.39, 0.29) is 0 Å². The highest BCUT2D eigenvalue weighted by Crippen LogP contribution is 2.36. The van der Waals surface area contributed by atoms with Gasteiger partial charge in [0, 0.05) is 105 Å². The largest absolute Gasteiger partial charge is 0.175 e. The molecular weight excluding hydrogens is 673 g/mol. The van der Waals surface area contributed by atoms with Crippen molar-refractivity contribution in [1.82, 2.24) is 0 Å². The van der Waals surface area contributed by atoms with Gasteiger partial charge >= 0.3 is 0 Å². The summed E-state index contributed by atoms with van der Waals surface area (Å²) in [6, 6.07) is 0. The molecule has 0 heterocycles. The van der Waals surface area contributed by atoms with Gasteiger partial charge in [0.1, 0.15) is 0 Å². The quantitative estimate of drug-likeness (QED) is 0.0466. The minimum atomic E-state index is 0.446. The van der Waals surface area contributed by atoms with E-state index in [0.717, 1.165) is 28.8 Å². The molecule has 0 N–H and O–H groups in total. The molecular formula is C24H50S12. The van der Waals surface area contributed by atoms with Crippen LogP contribution in [-0.2, 0) is 0 Å². The van der Waals surface area contributed by atoms with E-state index in [0.29, 0.717) is 42.0 Å². The first-order chi connectivity index (χ1) is 17.0. The van der Waals surface area contributed by atoms with E-state index in [1.807, 2.05) is 11.8 Å². The molecule has 12 heteroatoms. The minimum Gasteiger partial charge on any atom is -0.175 e. The molecule has 0 bridgehead atoms. The van der Waals surface area contributed by atoms with Gasteiger partial charge < -0.3 is 0 Å². The van der Waals surface area contributed by atoms with Gasteiger partial charge in [0.25, 0.3) is 0 Å². The lowest BCUT2D eigenvalue weighted by Crippen LogP contribution is -2.30. The number of hydrogen-bond donors (Lipinski definition) is 5. The van der Waals surface area contributed by atoms with E-state index in [4.69, 9.17) is 0 Å². The second-order valence-corrected chi connectivity index (χ2v) is 21.9. The van der Waals surface area contributed by atoms with Crippen LogP contribution in [0.3, 0.4) is 0 Å². The summed E-state index contributed by atoms with van der Waals surface area (Å²) in [5, 5.41) is 4.25. The van der Waals surface area contributed by atoms with Gasteiger partial charge in [0.15, 0.2) is 0 Å². The lowest BCUT2D eigenvalue weighted by Gasteiger charge is -2.30. The van der Waals surface area contributed by atoms with E-state index in [1.165, 1.54) is 34.5 Å². The van der Waals surface area contributed by atoms with Crippen molar-refractivity contribution in [2.75, 3.05) is 63.3 Å². The Morgan fingerprint density at radius 2 is 0.778 bits per heavy atom. The Kier molecular flexibility index (Phi) is 29.9. The molecule has 0 spiro atoms. The van der Waals surface area contributed by atoms with Crippen molar-refractivity contribution in [1.29, 1.82) is 0 Å². The number of hydrogen-bond acceptors (Lipinski definition) is 12. The maximum atomic E-state index is 4.65. The summed E-state index contributed by atoms with van der Waals surface area (Å²) in [7, 11) is 0. The fourth-order valence-corrected chi connectivity index (χ4v) is 14.1. The van der Waals surface area contributed by atoms with Crippen molar-refractivity contribution >= 4 is 145 Å². The molecule has 0 aliphatic rings. The third-order valence-corrected chi connectivity index (χ3v) is 17.3. The predicted octanol–water partition coefficient (Wildman–Crippen LogP) is 8.82. The van der Waals surface area contributed by atoms with Crippen LogP contribution in [0.5, 0.6) is 0 Å². The van der Waals surface area contributed by atoms with Crippen molar-refractivity contribution < 1.29 is 0 Å². The Balaban J connectivity index is 5.37. The molecule has 0 aromatic heterocycles. The summed E-state index contributed by atoms with van der Waals surface area (Å²) in [6.07, 6.45) is 0. The second kappa shape index (κ2) is 26.8. The first-order valence-electron chi connectivity index (χ1n) is 12.6. The third kappa shape index (κ3) is 27.1. The SMILES string of the molecule is CC(S)CSCCSC(CSCC(C)S)C(CSCC(C)S)SC(CSCC(C)S)CSCC(C)S. The van der Waals surface area contributed by atoms with Crippen molar-refractivity contribution in [3.8, 4) is 0 Å². The van der Waals surface area contributed by atoms with E-state index in [1.54, 1.807) is 0 Å². The molecule has 218 valence electrons. The van der Waals surface area contributed by atoms with E-state index < -0.39 is 0 Å². The highest BCUT2D eigenvalue weighted by atomic mass is 32.2. The molecule has 0 radical (unpaired) electrons. The number of rotatable bonds is 25. The Morgan fingerprint density at radius 3 is 1.19 bits per heavy atom. The zero-order valence-corrected chi connectivity index (χ0v) is 32.7. The summed E-state index contributed by atoms with van der Waals surface area (Å²) in [4.78, 5) is 0. The molecule has 0 saturated carbocycles. The molecule has 0 aliphatic carbocycles. The van der Waals surface area contributed by atoms with Gasteiger partial charge in [-0.1, -0.05) is 34.6 Å². The molecule has 36 heavy (non-hydrogen) atoms. The van der Waals surface area contributed by atoms with Crippen LogP contribution in [0, 0.1) is 0 Å². The van der Waals surface area contributed by atoms with Gasteiger partial charge in [0.05, 0.1) is 0 Å². The van der Waals surface area contributed by atoms with Crippen LogP contribution in [-0.4, -0.2) is 105 Å². The van der Waals surface area contributed by atoms with Crippen LogP contribution < -0.4 is 0 Å². The first-order valence-corrected chi connectivity index (χ1v) is 22.9. The van der Waals surface area contributed by atoms with Gasteiger partial charge in [-0.05, 0) is 0 Å². The average molecular weight is 723 g/mol. The zero-order valence-electron chi connectivity index (χ0n) is 22.5. The van der Waals surface area contributed by atoms with Gasteiger partial charge in [-0.25, -0.2) is 0 Å². The van der Waals surface area contributed by atoms with Crippen molar-refractivity contribution in [3.63, 3.8) is 0 Å². The highest BCUT2D eigenvalue weighted by molar-refractivity contribution is 8.09. The van der Waals surface area contributed by atoms with Crippen LogP contribution >= 0.6 is 145 Å².